The van der Waals surface area contributed by atoms with Crippen LogP contribution in [0.4, 0.5) is 0 Å². The fraction of sp³-hybridized carbons (Fsp3) is 0.650. The van der Waals surface area contributed by atoms with E-state index in [0.717, 1.165) is 18.8 Å². The number of likely N-dealkylation sites (tertiary alicyclic amines) is 1. The van der Waals surface area contributed by atoms with Gasteiger partial charge < -0.3 is 4.74 Å². The Balaban J connectivity index is 1.49. The second-order valence-electron chi connectivity index (χ2n) is 8.15. The van der Waals surface area contributed by atoms with E-state index in [1.807, 2.05) is 0 Å². The first kappa shape index (κ1) is 16.3. The zero-order chi connectivity index (χ0) is 16.5. The zero-order valence-electron chi connectivity index (χ0n) is 14.6. The Morgan fingerprint density at radius 3 is 2.35 bits per heavy atom. The SMILES string of the molecule is Cc1ccc(OC2(C)CN([C@H]3CC[C@@](C)(CC#N)CC3)C2)cc1. The molecule has 3 heteroatoms. The summed E-state index contributed by atoms with van der Waals surface area (Å²) in [4.78, 5) is 2.57. The summed E-state index contributed by atoms with van der Waals surface area (Å²) in [5, 5.41) is 8.97. The van der Waals surface area contributed by atoms with E-state index in [-0.39, 0.29) is 11.0 Å². The lowest BCUT2D eigenvalue weighted by Gasteiger charge is -2.53. The van der Waals surface area contributed by atoms with Crippen molar-refractivity contribution in [2.75, 3.05) is 13.1 Å². The van der Waals surface area contributed by atoms with Crippen LogP contribution in [0.5, 0.6) is 5.75 Å². The molecule has 1 aliphatic heterocycles. The van der Waals surface area contributed by atoms with Crippen molar-refractivity contribution in [1.29, 1.82) is 5.26 Å². The number of ether oxygens (including phenoxy) is 1. The molecule has 3 rings (SSSR count). The molecule has 0 bridgehead atoms. The quantitative estimate of drug-likeness (QED) is 0.831. The molecule has 0 atom stereocenters. The Bertz CT molecular complexity index is 573. The Labute approximate surface area is 140 Å². The normalized spacial score (nSPS) is 30.3. The van der Waals surface area contributed by atoms with Crippen LogP contribution in [0.15, 0.2) is 24.3 Å². The molecular weight excluding hydrogens is 284 g/mol. The van der Waals surface area contributed by atoms with Crippen molar-refractivity contribution in [3.63, 3.8) is 0 Å². The second-order valence-corrected chi connectivity index (χ2v) is 8.15. The highest BCUT2D eigenvalue weighted by Crippen LogP contribution is 2.42. The molecule has 1 saturated carbocycles. The Morgan fingerprint density at radius 1 is 1.17 bits per heavy atom. The van der Waals surface area contributed by atoms with E-state index >= 15 is 0 Å². The average Bonchev–Trinajstić information content (AvgIpc) is 2.48. The molecule has 0 amide bonds. The molecule has 0 N–H and O–H groups in total. The first-order valence-corrected chi connectivity index (χ1v) is 8.78. The molecule has 124 valence electrons. The van der Waals surface area contributed by atoms with Crippen LogP contribution in [0.25, 0.3) is 0 Å². The molecular formula is C20H28N2O. The number of nitrogens with zero attached hydrogens (tertiary/aromatic N) is 2. The Morgan fingerprint density at radius 2 is 1.78 bits per heavy atom. The van der Waals surface area contributed by atoms with Gasteiger partial charge in [0.15, 0.2) is 0 Å². The third-order valence-electron chi connectivity index (χ3n) is 5.64. The van der Waals surface area contributed by atoms with Gasteiger partial charge in [-0.3, -0.25) is 4.90 Å². The Kier molecular flexibility index (Phi) is 4.38. The molecule has 0 aromatic heterocycles. The minimum atomic E-state index is -0.0529. The van der Waals surface area contributed by atoms with Gasteiger partial charge in [-0.1, -0.05) is 24.6 Å². The number of hydrogen-bond acceptors (Lipinski definition) is 3. The number of rotatable bonds is 4. The third-order valence-corrected chi connectivity index (χ3v) is 5.64. The van der Waals surface area contributed by atoms with Crippen molar-refractivity contribution in [2.24, 2.45) is 5.41 Å². The van der Waals surface area contributed by atoms with Crippen LogP contribution in [-0.2, 0) is 0 Å². The summed E-state index contributed by atoms with van der Waals surface area (Å²) in [6, 6.07) is 11.4. The molecule has 1 heterocycles. The van der Waals surface area contributed by atoms with Gasteiger partial charge in [0, 0.05) is 25.6 Å². The topological polar surface area (TPSA) is 36.3 Å². The highest BCUT2D eigenvalue weighted by molar-refractivity contribution is 5.27. The lowest BCUT2D eigenvalue weighted by atomic mass is 9.71. The molecule has 0 unspecified atom stereocenters. The van der Waals surface area contributed by atoms with E-state index in [1.165, 1.54) is 31.2 Å². The molecule has 1 aromatic rings. The smallest absolute Gasteiger partial charge is 0.131 e. The average molecular weight is 312 g/mol. The predicted molar refractivity (Wildman–Crippen MR) is 92.4 cm³/mol. The van der Waals surface area contributed by atoms with E-state index in [0.29, 0.717) is 12.5 Å². The van der Waals surface area contributed by atoms with Crippen molar-refractivity contribution in [1.82, 2.24) is 4.90 Å². The molecule has 2 fully saturated rings. The van der Waals surface area contributed by atoms with E-state index in [1.54, 1.807) is 0 Å². The molecule has 0 spiro atoms. The summed E-state index contributed by atoms with van der Waals surface area (Å²) in [6.07, 6.45) is 5.50. The number of nitriles is 1. The van der Waals surface area contributed by atoms with Gasteiger partial charge in [-0.15, -0.1) is 0 Å². The largest absolute Gasteiger partial charge is 0.485 e. The van der Waals surface area contributed by atoms with Gasteiger partial charge >= 0.3 is 0 Å². The van der Waals surface area contributed by atoms with Gasteiger partial charge in [0.1, 0.15) is 11.4 Å². The molecule has 3 nitrogen and oxygen atoms in total. The van der Waals surface area contributed by atoms with Crippen LogP contribution in [0.2, 0.25) is 0 Å². The van der Waals surface area contributed by atoms with Gasteiger partial charge in [-0.05, 0) is 57.1 Å². The minimum absolute atomic E-state index is 0.0529. The van der Waals surface area contributed by atoms with Crippen molar-refractivity contribution >= 4 is 0 Å². The van der Waals surface area contributed by atoms with Gasteiger partial charge in [0.2, 0.25) is 0 Å². The van der Waals surface area contributed by atoms with Gasteiger partial charge in [-0.25, -0.2) is 0 Å². The zero-order valence-corrected chi connectivity index (χ0v) is 14.6. The first-order valence-electron chi connectivity index (χ1n) is 8.78. The van der Waals surface area contributed by atoms with E-state index in [2.05, 4.69) is 56.0 Å². The third kappa shape index (κ3) is 3.70. The van der Waals surface area contributed by atoms with Crippen molar-refractivity contribution in [2.45, 2.75) is 64.5 Å². The van der Waals surface area contributed by atoms with Crippen molar-refractivity contribution in [3.05, 3.63) is 29.8 Å². The van der Waals surface area contributed by atoms with Crippen LogP contribution in [0.1, 0.15) is 51.5 Å². The molecule has 1 aliphatic carbocycles. The number of hydrogen-bond donors (Lipinski definition) is 0. The van der Waals surface area contributed by atoms with Gasteiger partial charge in [0.25, 0.3) is 0 Å². The van der Waals surface area contributed by atoms with Crippen LogP contribution in [-0.4, -0.2) is 29.6 Å². The number of aryl methyl sites for hydroxylation is 1. The summed E-state index contributed by atoms with van der Waals surface area (Å²) < 4.78 is 6.21. The molecule has 1 saturated heterocycles. The second kappa shape index (κ2) is 6.17. The summed E-state index contributed by atoms with van der Waals surface area (Å²) in [7, 11) is 0. The van der Waals surface area contributed by atoms with E-state index < -0.39 is 0 Å². The fourth-order valence-electron chi connectivity index (χ4n) is 4.06. The van der Waals surface area contributed by atoms with E-state index in [9.17, 15) is 0 Å². The molecule has 2 aliphatic rings. The van der Waals surface area contributed by atoms with Crippen molar-refractivity contribution < 1.29 is 4.74 Å². The van der Waals surface area contributed by atoms with Crippen LogP contribution in [0, 0.1) is 23.7 Å². The van der Waals surface area contributed by atoms with Crippen LogP contribution >= 0.6 is 0 Å². The highest BCUT2D eigenvalue weighted by atomic mass is 16.5. The molecule has 1 aromatic carbocycles. The lowest BCUT2D eigenvalue weighted by Crippen LogP contribution is -2.66. The van der Waals surface area contributed by atoms with Gasteiger partial charge in [-0.2, -0.15) is 5.26 Å². The summed E-state index contributed by atoms with van der Waals surface area (Å²) in [6.45, 7) is 8.61. The van der Waals surface area contributed by atoms with Crippen LogP contribution in [0.3, 0.4) is 0 Å². The lowest BCUT2D eigenvalue weighted by molar-refractivity contribution is -0.0946. The minimum Gasteiger partial charge on any atom is -0.485 e. The predicted octanol–water partition coefficient (Wildman–Crippen LogP) is 4.31. The molecule has 0 radical (unpaired) electrons. The fourth-order valence-corrected chi connectivity index (χ4v) is 4.06. The number of benzene rings is 1. The first-order chi connectivity index (χ1) is 10.9. The van der Waals surface area contributed by atoms with E-state index in [4.69, 9.17) is 10.00 Å². The summed E-state index contributed by atoms with van der Waals surface area (Å²) in [5.74, 6) is 0.975. The monoisotopic (exact) mass is 312 g/mol. The maximum Gasteiger partial charge on any atom is 0.131 e. The molecule has 23 heavy (non-hydrogen) atoms. The summed E-state index contributed by atoms with van der Waals surface area (Å²) >= 11 is 0. The standard InChI is InChI=1S/C20H28N2O/c1-16-4-6-18(7-5-16)23-20(3)14-22(15-20)17-8-10-19(2,11-9-17)12-13-21/h4-7,17H,8-12,14-15H2,1-3H3/t17-,19+. The maximum atomic E-state index is 8.97. The van der Waals surface area contributed by atoms with Gasteiger partial charge in [0.05, 0.1) is 6.07 Å². The Hall–Kier alpha value is -1.53. The van der Waals surface area contributed by atoms with Crippen LogP contribution < -0.4 is 4.74 Å². The summed E-state index contributed by atoms with van der Waals surface area (Å²) in [5.41, 5.74) is 1.46. The maximum absolute atomic E-state index is 8.97. The van der Waals surface area contributed by atoms with Crippen molar-refractivity contribution in [3.8, 4) is 11.8 Å². The highest BCUT2D eigenvalue weighted by Gasteiger charge is 2.45.